The molecule has 2 aliphatic heterocycles. The molecule has 0 aromatic heterocycles. The summed E-state index contributed by atoms with van der Waals surface area (Å²) in [5.41, 5.74) is 0.986. The summed E-state index contributed by atoms with van der Waals surface area (Å²) in [6.07, 6.45) is 0.705. The van der Waals surface area contributed by atoms with Crippen LogP contribution in [0.4, 0.5) is 0 Å². The summed E-state index contributed by atoms with van der Waals surface area (Å²) in [5.74, 6) is 0.264. The molecule has 0 saturated carbocycles. The molecule has 5 heteroatoms. The summed E-state index contributed by atoms with van der Waals surface area (Å²) in [6.45, 7) is 6.34. The van der Waals surface area contributed by atoms with E-state index in [9.17, 15) is 8.42 Å². The van der Waals surface area contributed by atoms with Crippen LogP contribution in [0.15, 0.2) is 29.2 Å². The molecule has 110 valence electrons. The summed E-state index contributed by atoms with van der Waals surface area (Å²) < 4.78 is 24.4. The first kappa shape index (κ1) is 14.0. The van der Waals surface area contributed by atoms with E-state index in [0.29, 0.717) is 23.4 Å². The second kappa shape index (κ2) is 5.13. The van der Waals surface area contributed by atoms with Gasteiger partial charge >= 0.3 is 0 Å². The number of nitrogens with one attached hydrogen (secondary N) is 1. The Morgan fingerprint density at radius 2 is 2.00 bits per heavy atom. The average molecular weight is 294 g/mol. The Hall–Kier alpha value is -0.910. The number of hydrogen-bond acceptors (Lipinski definition) is 4. The Kier molecular flexibility index (Phi) is 3.60. The van der Waals surface area contributed by atoms with Gasteiger partial charge in [0.15, 0.2) is 9.84 Å². The molecule has 1 N–H and O–H groups in total. The van der Waals surface area contributed by atoms with Crippen LogP contribution in [0.3, 0.4) is 0 Å². The van der Waals surface area contributed by atoms with Crippen molar-refractivity contribution in [3.8, 4) is 0 Å². The maximum absolute atomic E-state index is 12.2. The molecule has 20 heavy (non-hydrogen) atoms. The molecule has 1 fully saturated rings. The molecule has 2 aliphatic rings. The van der Waals surface area contributed by atoms with Crippen LogP contribution in [0.25, 0.3) is 0 Å². The fourth-order valence-corrected chi connectivity index (χ4v) is 5.00. The molecule has 0 aliphatic carbocycles. The monoisotopic (exact) mass is 294 g/mol. The van der Waals surface area contributed by atoms with Crippen molar-refractivity contribution in [1.29, 1.82) is 0 Å². The molecule has 0 amide bonds. The molecule has 2 heterocycles. The summed E-state index contributed by atoms with van der Waals surface area (Å²) in [5, 5.41) is 3.48. The lowest BCUT2D eigenvalue weighted by Gasteiger charge is -2.44. The Bertz CT molecular complexity index is 600. The van der Waals surface area contributed by atoms with Crippen molar-refractivity contribution in [2.24, 2.45) is 0 Å². The van der Waals surface area contributed by atoms with Crippen LogP contribution < -0.4 is 5.32 Å². The molecule has 4 nitrogen and oxygen atoms in total. The van der Waals surface area contributed by atoms with Crippen molar-refractivity contribution in [3.63, 3.8) is 0 Å². The molecule has 0 bridgehead atoms. The van der Waals surface area contributed by atoms with Gasteiger partial charge in [-0.2, -0.15) is 0 Å². The minimum absolute atomic E-state index is 0.231. The topological polar surface area (TPSA) is 49.4 Å². The van der Waals surface area contributed by atoms with Gasteiger partial charge in [0.1, 0.15) is 0 Å². The third-order valence-corrected chi connectivity index (χ3v) is 6.30. The van der Waals surface area contributed by atoms with Crippen molar-refractivity contribution in [3.05, 3.63) is 29.8 Å². The van der Waals surface area contributed by atoms with Crippen molar-refractivity contribution in [2.75, 3.05) is 18.8 Å². The van der Waals surface area contributed by atoms with E-state index in [1.165, 1.54) is 0 Å². The third-order valence-electron chi connectivity index (χ3n) is 4.49. The zero-order valence-electron chi connectivity index (χ0n) is 12.0. The standard InChI is InChI=1S/C15H22N2O2S/c1-11-10-17(12(2)9-16-11)14-7-8-20(18,19)15-6-4-3-5-13(14)15/h3-6,11-12,14,16H,7-10H2,1-2H3. The van der Waals surface area contributed by atoms with Crippen LogP contribution >= 0.6 is 0 Å². The smallest absolute Gasteiger partial charge is 0.178 e. The minimum atomic E-state index is -3.09. The van der Waals surface area contributed by atoms with Gasteiger partial charge in [-0.05, 0) is 31.9 Å². The summed E-state index contributed by atoms with van der Waals surface area (Å²) in [6, 6.07) is 8.63. The van der Waals surface area contributed by atoms with Crippen LogP contribution in [0, 0.1) is 0 Å². The second-order valence-corrected chi connectivity index (χ2v) is 8.09. The Morgan fingerprint density at radius 3 is 2.80 bits per heavy atom. The van der Waals surface area contributed by atoms with E-state index in [4.69, 9.17) is 0 Å². The van der Waals surface area contributed by atoms with Gasteiger partial charge in [0.2, 0.25) is 0 Å². The fourth-order valence-electron chi connectivity index (χ4n) is 3.40. The number of sulfone groups is 1. The molecule has 0 radical (unpaired) electrons. The van der Waals surface area contributed by atoms with E-state index in [0.717, 1.165) is 18.7 Å². The predicted octanol–water partition coefficient (Wildman–Crippen LogP) is 1.59. The predicted molar refractivity (Wildman–Crippen MR) is 79.5 cm³/mol. The van der Waals surface area contributed by atoms with Gasteiger partial charge in [0.25, 0.3) is 0 Å². The zero-order chi connectivity index (χ0) is 14.3. The molecular formula is C15H22N2O2S. The van der Waals surface area contributed by atoms with Crippen molar-refractivity contribution < 1.29 is 8.42 Å². The average Bonchev–Trinajstić information content (AvgIpc) is 2.42. The van der Waals surface area contributed by atoms with Gasteiger partial charge in [0.05, 0.1) is 10.6 Å². The zero-order valence-corrected chi connectivity index (χ0v) is 12.9. The lowest BCUT2D eigenvalue weighted by Crippen LogP contribution is -2.55. The van der Waals surface area contributed by atoms with Gasteiger partial charge in [0, 0.05) is 31.2 Å². The largest absolute Gasteiger partial charge is 0.311 e. The lowest BCUT2D eigenvalue weighted by molar-refractivity contribution is 0.0899. The maximum Gasteiger partial charge on any atom is 0.178 e. The van der Waals surface area contributed by atoms with E-state index in [1.807, 2.05) is 18.2 Å². The summed E-state index contributed by atoms with van der Waals surface area (Å²) in [4.78, 5) is 3.00. The van der Waals surface area contributed by atoms with Crippen LogP contribution in [0.1, 0.15) is 31.9 Å². The van der Waals surface area contributed by atoms with Crippen molar-refractivity contribution in [2.45, 2.75) is 43.3 Å². The molecule has 0 spiro atoms. The molecule has 1 aromatic carbocycles. The van der Waals surface area contributed by atoms with Crippen LogP contribution in [0.5, 0.6) is 0 Å². The van der Waals surface area contributed by atoms with E-state index >= 15 is 0 Å². The van der Waals surface area contributed by atoms with Crippen molar-refractivity contribution in [1.82, 2.24) is 10.2 Å². The first-order valence-electron chi connectivity index (χ1n) is 7.30. The van der Waals surface area contributed by atoms with Gasteiger partial charge < -0.3 is 5.32 Å². The third kappa shape index (κ3) is 2.38. The van der Waals surface area contributed by atoms with Crippen LogP contribution in [-0.2, 0) is 9.84 Å². The highest BCUT2D eigenvalue weighted by Gasteiger charge is 2.36. The van der Waals surface area contributed by atoms with Crippen molar-refractivity contribution >= 4 is 9.84 Å². The SMILES string of the molecule is CC1CN(C2CCS(=O)(=O)c3ccccc32)C(C)CN1. The highest BCUT2D eigenvalue weighted by atomic mass is 32.2. The Labute approximate surface area is 121 Å². The summed E-state index contributed by atoms with van der Waals surface area (Å²) >= 11 is 0. The first-order chi connectivity index (χ1) is 9.49. The molecule has 3 atom stereocenters. The lowest BCUT2D eigenvalue weighted by atomic mass is 9.98. The first-order valence-corrected chi connectivity index (χ1v) is 8.95. The number of piperazine rings is 1. The number of fused-ring (bicyclic) bond motifs is 1. The van der Waals surface area contributed by atoms with Gasteiger partial charge in [-0.15, -0.1) is 0 Å². The van der Waals surface area contributed by atoms with E-state index < -0.39 is 9.84 Å². The minimum Gasteiger partial charge on any atom is -0.311 e. The highest BCUT2D eigenvalue weighted by Crippen LogP contribution is 2.37. The quantitative estimate of drug-likeness (QED) is 0.854. The molecular weight excluding hydrogens is 272 g/mol. The Morgan fingerprint density at radius 1 is 1.25 bits per heavy atom. The fraction of sp³-hybridized carbons (Fsp3) is 0.600. The maximum atomic E-state index is 12.2. The normalized spacial score (nSPS) is 33.6. The summed E-state index contributed by atoms with van der Waals surface area (Å²) in [7, 11) is -3.09. The second-order valence-electron chi connectivity index (χ2n) is 6.02. The van der Waals surface area contributed by atoms with E-state index in [1.54, 1.807) is 6.07 Å². The van der Waals surface area contributed by atoms with Crippen LogP contribution in [-0.4, -0.2) is 44.2 Å². The van der Waals surface area contributed by atoms with Gasteiger partial charge in [-0.3, -0.25) is 4.90 Å². The molecule has 3 unspecified atom stereocenters. The molecule has 1 aromatic rings. The number of benzene rings is 1. The van der Waals surface area contributed by atoms with Crippen LogP contribution in [0.2, 0.25) is 0 Å². The number of hydrogen-bond donors (Lipinski definition) is 1. The number of nitrogens with zero attached hydrogens (tertiary/aromatic N) is 1. The van der Waals surface area contributed by atoms with Gasteiger partial charge in [-0.1, -0.05) is 18.2 Å². The van der Waals surface area contributed by atoms with Gasteiger partial charge in [-0.25, -0.2) is 8.42 Å². The number of rotatable bonds is 1. The van der Waals surface area contributed by atoms with E-state index in [-0.39, 0.29) is 11.8 Å². The molecule has 3 rings (SSSR count). The highest BCUT2D eigenvalue weighted by molar-refractivity contribution is 7.91. The van der Waals surface area contributed by atoms with E-state index in [2.05, 4.69) is 24.1 Å². The Balaban J connectivity index is 1.99. The molecule has 1 saturated heterocycles.